The molecule has 1 aliphatic rings. The maximum atomic E-state index is 4.99. The Hall–Kier alpha value is -3.09. The van der Waals surface area contributed by atoms with Crippen LogP contribution in [0, 0.1) is 13.8 Å². The molecule has 1 unspecified atom stereocenters. The first kappa shape index (κ1) is 20.2. The zero-order chi connectivity index (χ0) is 21.1. The van der Waals surface area contributed by atoms with Gasteiger partial charge in [-0.1, -0.05) is 18.2 Å². The maximum Gasteiger partial charge on any atom is 0.194 e. The first-order chi connectivity index (χ1) is 14.6. The summed E-state index contributed by atoms with van der Waals surface area (Å²) in [6.07, 6.45) is 5.24. The Morgan fingerprint density at radius 2 is 2.03 bits per heavy atom. The third-order valence-electron chi connectivity index (χ3n) is 5.85. The van der Waals surface area contributed by atoms with Crippen LogP contribution in [0.2, 0.25) is 0 Å². The number of rotatable bonds is 5. The lowest BCUT2D eigenvalue weighted by atomic mass is 10.0. The zero-order valence-electron chi connectivity index (χ0n) is 18.3. The smallest absolute Gasteiger partial charge is 0.194 e. The summed E-state index contributed by atoms with van der Waals surface area (Å²) < 4.78 is 3.90. The van der Waals surface area contributed by atoms with E-state index in [1.165, 1.54) is 11.1 Å². The summed E-state index contributed by atoms with van der Waals surface area (Å²) in [5, 5.41) is 12.6. The van der Waals surface area contributed by atoms with E-state index in [1.807, 2.05) is 40.8 Å². The van der Waals surface area contributed by atoms with Crippen LogP contribution in [0.5, 0.6) is 0 Å². The van der Waals surface area contributed by atoms with Gasteiger partial charge in [-0.3, -0.25) is 4.68 Å². The molecule has 7 nitrogen and oxygen atoms in total. The quantitative estimate of drug-likeness (QED) is 0.523. The van der Waals surface area contributed by atoms with Crippen LogP contribution in [0.25, 0.3) is 5.69 Å². The van der Waals surface area contributed by atoms with Gasteiger partial charge in [-0.2, -0.15) is 10.2 Å². The van der Waals surface area contributed by atoms with Gasteiger partial charge in [0.15, 0.2) is 5.96 Å². The van der Waals surface area contributed by atoms with Crippen molar-refractivity contribution in [1.29, 1.82) is 0 Å². The van der Waals surface area contributed by atoms with E-state index in [0.717, 1.165) is 49.1 Å². The highest BCUT2D eigenvalue weighted by Gasteiger charge is 2.27. The van der Waals surface area contributed by atoms with Crippen LogP contribution >= 0.6 is 0 Å². The van der Waals surface area contributed by atoms with Gasteiger partial charge in [0, 0.05) is 50.1 Å². The molecular formula is C23H31N7. The highest BCUT2D eigenvalue weighted by molar-refractivity contribution is 5.80. The monoisotopic (exact) mass is 405 g/mol. The summed E-state index contributed by atoms with van der Waals surface area (Å²) in [5.74, 6) is 1.49. The minimum atomic E-state index is 0.506. The summed E-state index contributed by atoms with van der Waals surface area (Å²) in [7, 11) is 1.97. The second-order valence-corrected chi connectivity index (χ2v) is 7.95. The molecule has 0 aliphatic carbocycles. The van der Waals surface area contributed by atoms with Gasteiger partial charge in [-0.25, -0.2) is 9.67 Å². The second kappa shape index (κ2) is 8.73. The molecule has 0 spiro atoms. The predicted octanol–water partition coefficient (Wildman–Crippen LogP) is 3.18. The van der Waals surface area contributed by atoms with Crippen molar-refractivity contribution < 1.29 is 0 Å². The Labute approximate surface area is 178 Å². The standard InChI is InChI=1S/C23H31N7/c1-5-24-23(29-12-11-19(16-29)20-13-26-28(4)15-20)25-14-22-17(2)27-30(18(22)3)21-9-7-6-8-10-21/h6-10,13,15,19H,5,11-12,14,16H2,1-4H3,(H,24,25). The van der Waals surface area contributed by atoms with Crippen molar-refractivity contribution in [2.75, 3.05) is 19.6 Å². The third kappa shape index (κ3) is 4.10. The molecule has 0 bridgehead atoms. The molecule has 3 heterocycles. The fraction of sp³-hybridized carbons (Fsp3) is 0.435. The Balaban J connectivity index is 1.52. The van der Waals surface area contributed by atoms with E-state index < -0.39 is 0 Å². The molecule has 30 heavy (non-hydrogen) atoms. The van der Waals surface area contributed by atoms with Crippen molar-refractivity contribution in [2.24, 2.45) is 12.0 Å². The lowest BCUT2D eigenvalue weighted by Crippen LogP contribution is -2.40. The number of para-hydroxylation sites is 1. The zero-order valence-corrected chi connectivity index (χ0v) is 18.3. The fourth-order valence-corrected chi connectivity index (χ4v) is 4.18. The lowest BCUT2D eigenvalue weighted by molar-refractivity contribution is 0.486. The first-order valence-electron chi connectivity index (χ1n) is 10.7. The van der Waals surface area contributed by atoms with Gasteiger partial charge in [0.2, 0.25) is 0 Å². The van der Waals surface area contributed by atoms with Crippen molar-refractivity contribution in [3.05, 3.63) is 65.2 Å². The highest BCUT2D eigenvalue weighted by Crippen LogP contribution is 2.27. The van der Waals surface area contributed by atoms with E-state index in [9.17, 15) is 0 Å². The summed E-state index contributed by atoms with van der Waals surface area (Å²) in [4.78, 5) is 7.35. The van der Waals surface area contributed by atoms with Gasteiger partial charge in [-0.05, 0) is 44.9 Å². The Bertz CT molecular complexity index is 1020. The van der Waals surface area contributed by atoms with Crippen molar-refractivity contribution in [2.45, 2.75) is 39.7 Å². The molecule has 3 aromatic rings. The van der Waals surface area contributed by atoms with Gasteiger partial charge in [0.1, 0.15) is 0 Å². The predicted molar refractivity (Wildman–Crippen MR) is 120 cm³/mol. The molecule has 0 saturated carbocycles. The van der Waals surface area contributed by atoms with Gasteiger partial charge < -0.3 is 10.2 Å². The molecule has 1 aliphatic heterocycles. The molecule has 1 saturated heterocycles. The molecule has 1 N–H and O–H groups in total. The number of hydrogen-bond acceptors (Lipinski definition) is 3. The molecule has 4 rings (SSSR count). The van der Waals surface area contributed by atoms with E-state index in [0.29, 0.717) is 12.5 Å². The largest absolute Gasteiger partial charge is 0.357 e. The first-order valence-corrected chi connectivity index (χ1v) is 10.7. The van der Waals surface area contributed by atoms with Crippen molar-refractivity contribution in [1.82, 2.24) is 29.8 Å². The van der Waals surface area contributed by atoms with E-state index in [-0.39, 0.29) is 0 Å². The second-order valence-electron chi connectivity index (χ2n) is 7.95. The summed E-state index contributed by atoms with van der Waals surface area (Å²) in [6, 6.07) is 10.3. The SMILES string of the molecule is CCNC(=NCc1c(C)nn(-c2ccccc2)c1C)N1CCC(c2cnn(C)c2)C1. The molecular weight excluding hydrogens is 374 g/mol. The van der Waals surface area contributed by atoms with E-state index >= 15 is 0 Å². The minimum Gasteiger partial charge on any atom is -0.357 e. The third-order valence-corrected chi connectivity index (χ3v) is 5.85. The normalized spacial score (nSPS) is 17.0. The van der Waals surface area contributed by atoms with Gasteiger partial charge >= 0.3 is 0 Å². The number of aryl methyl sites for hydroxylation is 2. The number of aliphatic imine (C=N–C) groups is 1. The van der Waals surface area contributed by atoms with Gasteiger partial charge in [0.05, 0.1) is 24.1 Å². The van der Waals surface area contributed by atoms with E-state index in [1.54, 1.807) is 0 Å². The van der Waals surface area contributed by atoms with E-state index in [2.05, 4.69) is 54.4 Å². The number of hydrogen-bond donors (Lipinski definition) is 1. The Morgan fingerprint density at radius 3 is 2.73 bits per heavy atom. The Kier molecular flexibility index (Phi) is 5.88. The minimum absolute atomic E-state index is 0.506. The Morgan fingerprint density at radius 1 is 1.23 bits per heavy atom. The van der Waals surface area contributed by atoms with Gasteiger partial charge in [-0.15, -0.1) is 0 Å². The fourth-order valence-electron chi connectivity index (χ4n) is 4.18. The van der Waals surface area contributed by atoms with Crippen molar-refractivity contribution >= 4 is 5.96 Å². The molecule has 0 amide bonds. The number of nitrogens with zero attached hydrogens (tertiary/aromatic N) is 6. The molecule has 7 heteroatoms. The number of aromatic nitrogens is 4. The topological polar surface area (TPSA) is 63.3 Å². The maximum absolute atomic E-state index is 4.99. The van der Waals surface area contributed by atoms with Crippen LogP contribution in [-0.2, 0) is 13.6 Å². The van der Waals surface area contributed by atoms with Crippen LogP contribution in [0.4, 0.5) is 0 Å². The van der Waals surface area contributed by atoms with Crippen LogP contribution in [-0.4, -0.2) is 50.1 Å². The van der Waals surface area contributed by atoms with Gasteiger partial charge in [0.25, 0.3) is 0 Å². The van der Waals surface area contributed by atoms with Crippen LogP contribution in [0.1, 0.15) is 41.8 Å². The number of nitrogens with one attached hydrogen (secondary N) is 1. The summed E-state index contributed by atoms with van der Waals surface area (Å²) >= 11 is 0. The molecule has 1 fully saturated rings. The average Bonchev–Trinajstić information content (AvgIpc) is 3.46. The molecule has 1 atom stereocenters. The lowest BCUT2D eigenvalue weighted by Gasteiger charge is -2.21. The van der Waals surface area contributed by atoms with Crippen LogP contribution < -0.4 is 5.32 Å². The number of guanidine groups is 1. The molecule has 158 valence electrons. The average molecular weight is 406 g/mol. The van der Waals surface area contributed by atoms with Crippen molar-refractivity contribution in [3.63, 3.8) is 0 Å². The number of likely N-dealkylation sites (tertiary alicyclic amines) is 1. The molecule has 2 aromatic heterocycles. The van der Waals surface area contributed by atoms with Crippen molar-refractivity contribution in [3.8, 4) is 5.69 Å². The summed E-state index contributed by atoms with van der Waals surface area (Å²) in [5.41, 5.74) is 5.77. The van der Waals surface area contributed by atoms with E-state index in [4.69, 9.17) is 10.1 Å². The summed E-state index contributed by atoms with van der Waals surface area (Å²) in [6.45, 7) is 9.77. The molecule has 1 aromatic carbocycles. The van der Waals surface area contributed by atoms with Crippen LogP contribution in [0.15, 0.2) is 47.7 Å². The van der Waals surface area contributed by atoms with Crippen LogP contribution in [0.3, 0.4) is 0 Å². The molecule has 0 radical (unpaired) electrons. The number of benzene rings is 1. The highest BCUT2D eigenvalue weighted by atomic mass is 15.3.